The Hall–Kier alpha value is -2.70. The van der Waals surface area contributed by atoms with Crippen LogP contribution in [0.4, 0.5) is 5.95 Å². The van der Waals surface area contributed by atoms with Crippen LogP contribution in [0.1, 0.15) is 11.1 Å². The molecule has 0 spiro atoms. The molecule has 108 valence electrons. The molecule has 0 aliphatic heterocycles. The lowest BCUT2D eigenvalue weighted by molar-refractivity contribution is 0.378. The molecule has 0 saturated heterocycles. The van der Waals surface area contributed by atoms with E-state index in [-0.39, 0.29) is 6.01 Å². The largest absolute Gasteiger partial charge is 0.467 e. The van der Waals surface area contributed by atoms with E-state index in [0.29, 0.717) is 11.9 Å². The van der Waals surface area contributed by atoms with E-state index >= 15 is 0 Å². The Morgan fingerprint density at radius 1 is 1.10 bits per heavy atom. The molecule has 0 unspecified atom stereocenters. The number of nitrogens with zero attached hydrogens (tertiary/aromatic N) is 5. The lowest BCUT2D eigenvalue weighted by Crippen LogP contribution is -2.07. The molecule has 2 aromatic heterocycles. The summed E-state index contributed by atoms with van der Waals surface area (Å²) < 4.78 is 6.94. The van der Waals surface area contributed by atoms with E-state index in [1.165, 1.54) is 18.2 Å². The minimum absolute atomic E-state index is 0.259. The molecule has 7 nitrogen and oxygen atoms in total. The topological polar surface area (TPSA) is 77.8 Å². The maximum absolute atomic E-state index is 5.11. The molecule has 1 aromatic carbocycles. The van der Waals surface area contributed by atoms with Crippen LogP contribution >= 0.6 is 0 Å². The van der Waals surface area contributed by atoms with Crippen LogP contribution in [0.5, 0.6) is 6.01 Å². The van der Waals surface area contributed by atoms with Crippen molar-refractivity contribution in [2.75, 3.05) is 19.5 Å². The Bertz CT molecular complexity index is 788. The van der Waals surface area contributed by atoms with Crippen molar-refractivity contribution in [3.63, 3.8) is 0 Å². The third-order valence-corrected chi connectivity index (χ3v) is 3.39. The van der Waals surface area contributed by atoms with E-state index in [1.807, 2.05) is 4.57 Å². The van der Waals surface area contributed by atoms with E-state index in [1.54, 1.807) is 13.4 Å². The number of anilines is 1. The standard InChI is InChI=1S/C14H16N6O/c1-8-5-10-11(6-9(8)2)20(7-16-10)13-17-12(15-3)18-14(19-13)21-4/h5-7H,1-4H3,(H,15,17,18,19). The van der Waals surface area contributed by atoms with Gasteiger partial charge in [0.05, 0.1) is 18.1 Å². The summed E-state index contributed by atoms with van der Waals surface area (Å²) in [5.74, 6) is 0.916. The van der Waals surface area contributed by atoms with Crippen molar-refractivity contribution < 1.29 is 4.74 Å². The molecule has 21 heavy (non-hydrogen) atoms. The van der Waals surface area contributed by atoms with E-state index in [9.17, 15) is 0 Å². The summed E-state index contributed by atoms with van der Waals surface area (Å²) >= 11 is 0. The average Bonchev–Trinajstić information content (AvgIpc) is 2.90. The van der Waals surface area contributed by atoms with Crippen molar-refractivity contribution >= 4 is 17.0 Å². The van der Waals surface area contributed by atoms with Crippen LogP contribution in [0.3, 0.4) is 0 Å². The van der Waals surface area contributed by atoms with Gasteiger partial charge >= 0.3 is 6.01 Å². The summed E-state index contributed by atoms with van der Waals surface area (Å²) in [6, 6.07) is 4.39. The second-order valence-corrected chi connectivity index (χ2v) is 4.74. The molecule has 7 heteroatoms. The molecule has 0 bridgehead atoms. The van der Waals surface area contributed by atoms with Crippen LogP contribution in [0, 0.1) is 13.8 Å². The fourth-order valence-electron chi connectivity index (χ4n) is 2.08. The third-order valence-electron chi connectivity index (χ3n) is 3.39. The molecular weight excluding hydrogens is 268 g/mol. The summed E-state index contributed by atoms with van der Waals surface area (Å²) in [7, 11) is 3.27. The molecule has 0 aliphatic carbocycles. The van der Waals surface area contributed by atoms with Crippen molar-refractivity contribution in [1.82, 2.24) is 24.5 Å². The number of aryl methyl sites for hydroxylation is 2. The van der Waals surface area contributed by atoms with Gasteiger partial charge in [0.1, 0.15) is 6.33 Å². The number of methoxy groups -OCH3 is 1. The summed E-state index contributed by atoms with van der Waals surface area (Å²) in [6.45, 7) is 4.14. The Balaban J connectivity index is 2.22. The molecule has 0 saturated carbocycles. The lowest BCUT2D eigenvalue weighted by Gasteiger charge is -2.07. The molecule has 0 atom stereocenters. The van der Waals surface area contributed by atoms with E-state index in [0.717, 1.165) is 11.0 Å². The average molecular weight is 284 g/mol. The van der Waals surface area contributed by atoms with E-state index in [2.05, 4.69) is 51.2 Å². The van der Waals surface area contributed by atoms with Crippen LogP contribution in [-0.4, -0.2) is 38.7 Å². The molecule has 3 aromatic rings. The van der Waals surface area contributed by atoms with Crippen molar-refractivity contribution in [1.29, 1.82) is 0 Å². The summed E-state index contributed by atoms with van der Waals surface area (Å²) in [6.07, 6.45) is 1.71. The zero-order valence-electron chi connectivity index (χ0n) is 12.4. The van der Waals surface area contributed by atoms with Crippen LogP contribution in [0.15, 0.2) is 18.5 Å². The lowest BCUT2D eigenvalue weighted by atomic mass is 10.1. The highest BCUT2D eigenvalue weighted by Crippen LogP contribution is 2.21. The van der Waals surface area contributed by atoms with Gasteiger partial charge in [-0.15, -0.1) is 0 Å². The first kappa shape index (κ1) is 13.3. The first-order valence-electron chi connectivity index (χ1n) is 6.55. The second kappa shape index (κ2) is 5.01. The zero-order valence-corrected chi connectivity index (χ0v) is 12.4. The maximum atomic E-state index is 5.11. The molecular formula is C14H16N6O. The normalized spacial score (nSPS) is 10.9. The predicted octanol–water partition coefficient (Wildman–Crippen LogP) is 1.88. The summed E-state index contributed by atoms with van der Waals surface area (Å²) in [4.78, 5) is 17.1. The molecule has 0 fully saturated rings. The SMILES string of the molecule is CNc1nc(OC)nc(-n2cnc3cc(C)c(C)cc32)n1. The molecule has 2 heterocycles. The van der Waals surface area contributed by atoms with Crippen molar-refractivity contribution in [2.45, 2.75) is 13.8 Å². The first-order valence-corrected chi connectivity index (χ1v) is 6.55. The van der Waals surface area contributed by atoms with Gasteiger partial charge in [-0.05, 0) is 37.1 Å². The number of hydrogen-bond donors (Lipinski definition) is 1. The number of aromatic nitrogens is 5. The first-order chi connectivity index (χ1) is 10.1. The number of rotatable bonds is 3. The van der Waals surface area contributed by atoms with Gasteiger partial charge in [-0.2, -0.15) is 15.0 Å². The van der Waals surface area contributed by atoms with Crippen molar-refractivity contribution in [3.05, 3.63) is 29.6 Å². The van der Waals surface area contributed by atoms with E-state index in [4.69, 9.17) is 4.74 Å². The number of imidazole rings is 1. The Labute approximate surface area is 122 Å². The summed E-state index contributed by atoms with van der Waals surface area (Å²) in [5.41, 5.74) is 4.26. The fourth-order valence-corrected chi connectivity index (χ4v) is 2.08. The van der Waals surface area contributed by atoms with Gasteiger partial charge in [0, 0.05) is 7.05 Å². The van der Waals surface area contributed by atoms with Crippen LogP contribution in [-0.2, 0) is 0 Å². The molecule has 0 radical (unpaired) electrons. The minimum atomic E-state index is 0.259. The highest BCUT2D eigenvalue weighted by molar-refractivity contribution is 5.78. The quantitative estimate of drug-likeness (QED) is 0.791. The van der Waals surface area contributed by atoms with Crippen molar-refractivity contribution in [3.8, 4) is 12.0 Å². The molecule has 0 amide bonds. The third kappa shape index (κ3) is 2.26. The molecule has 3 rings (SSSR count). The van der Waals surface area contributed by atoms with Crippen LogP contribution in [0.25, 0.3) is 17.0 Å². The zero-order chi connectivity index (χ0) is 15.0. The van der Waals surface area contributed by atoms with Gasteiger partial charge in [-0.3, -0.25) is 4.57 Å². The van der Waals surface area contributed by atoms with Gasteiger partial charge in [0.15, 0.2) is 0 Å². The minimum Gasteiger partial charge on any atom is -0.467 e. The van der Waals surface area contributed by atoms with Gasteiger partial charge in [-0.1, -0.05) is 0 Å². The number of fused-ring (bicyclic) bond motifs is 1. The maximum Gasteiger partial charge on any atom is 0.322 e. The number of benzene rings is 1. The van der Waals surface area contributed by atoms with Gasteiger partial charge in [0.2, 0.25) is 11.9 Å². The smallest absolute Gasteiger partial charge is 0.322 e. The second-order valence-electron chi connectivity index (χ2n) is 4.74. The Morgan fingerprint density at radius 2 is 1.86 bits per heavy atom. The predicted molar refractivity (Wildman–Crippen MR) is 80.0 cm³/mol. The number of hydrogen-bond acceptors (Lipinski definition) is 6. The van der Waals surface area contributed by atoms with E-state index < -0.39 is 0 Å². The number of ether oxygens (including phenoxy) is 1. The highest BCUT2D eigenvalue weighted by Gasteiger charge is 2.12. The summed E-state index contributed by atoms with van der Waals surface area (Å²) in [5, 5.41) is 2.90. The van der Waals surface area contributed by atoms with Crippen LogP contribution < -0.4 is 10.1 Å². The molecule has 0 aliphatic rings. The fraction of sp³-hybridized carbons (Fsp3) is 0.286. The molecule has 1 N–H and O–H groups in total. The van der Waals surface area contributed by atoms with Gasteiger partial charge < -0.3 is 10.1 Å². The van der Waals surface area contributed by atoms with Crippen LogP contribution in [0.2, 0.25) is 0 Å². The van der Waals surface area contributed by atoms with Crippen molar-refractivity contribution in [2.24, 2.45) is 0 Å². The monoisotopic (exact) mass is 284 g/mol. The highest BCUT2D eigenvalue weighted by atomic mass is 16.5. The number of nitrogens with one attached hydrogen (secondary N) is 1. The Kier molecular flexibility index (Phi) is 3.17. The van der Waals surface area contributed by atoms with Gasteiger partial charge in [0.25, 0.3) is 0 Å². The van der Waals surface area contributed by atoms with Gasteiger partial charge in [-0.25, -0.2) is 4.98 Å². The Morgan fingerprint density at radius 3 is 2.57 bits per heavy atom.